The van der Waals surface area contributed by atoms with E-state index in [0.717, 1.165) is 30.8 Å². The fourth-order valence-electron chi connectivity index (χ4n) is 8.82. The summed E-state index contributed by atoms with van der Waals surface area (Å²) >= 11 is 0. The lowest BCUT2D eigenvalue weighted by Gasteiger charge is -2.25. The molecule has 5 aromatic rings. The van der Waals surface area contributed by atoms with Gasteiger partial charge in [-0.15, -0.1) is 0 Å². The molecule has 0 radical (unpaired) electrons. The van der Waals surface area contributed by atoms with E-state index in [1.807, 2.05) is 0 Å². The molecule has 0 amide bonds. The molecule has 0 unspecified atom stereocenters. The zero-order valence-corrected chi connectivity index (χ0v) is 30.5. The Morgan fingerprint density at radius 1 is 0.700 bits per heavy atom. The van der Waals surface area contributed by atoms with Gasteiger partial charge in [0, 0.05) is 41.6 Å². The second kappa shape index (κ2) is 12.0. The molecule has 3 aliphatic rings. The zero-order chi connectivity index (χ0) is 34.8. The first-order valence-electron chi connectivity index (χ1n) is 18.0. The van der Waals surface area contributed by atoms with E-state index in [-0.39, 0.29) is 10.8 Å². The Morgan fingerprint density at radius 3 is 2.08 bits per heavy atom. The molecular weight excluding hydrogens is 609 g/mol. The number of ether oxygens (including phenoxy) is 1. The van der Waals surface area contributed by atoms with E-state index in [4.69, 9.17) is 4.74 Å². The monoisotopic (exact) mass is 655 g/mol. The predicted octanol–water partition coefficient (Wildman–Crippen LogP) is 11.6. The minimum absolute atomic E-state index is 0.143. The third kappa shape index (κ3) is 5.14. The first-order valence-corrected chi connectivity index (χ1v) is 18.0. The van der Waals surface area contributed by atoms with Gasteiger partial charge in [0.1, 0.15) is 18.6 Å². The SMILES string of the molecule is Cc1ccc(OC2=C(/C=C/C3=[N+](C)c4ccc5ccccc5c4C3(C)C)CCC/C2=C\C=C2\N(C)c3ccc4ccccc4c3C2(C)C)cc1. The number of benzene rings is 5. The molecule has 50 heavy (non-hydrogen) atoms. The Labute approximate surface area is 297 Å². The summed E-state index contributed by atoms with van der Waals surface area (Å²) < 4.78 is 9.23. The summed E-state index contributed by atoms with van der Waals surface area (Å²) in [5, 5.41) is 5.24. The summed E-state index contributed by atoms with van der Waals surface area (Å²) in [4.78, 5) is 2.38. The van der Waals surface area contributed by atoms with Crippen LogP contribution in [0.1, 0.15) is 63.6 Å². The van der Waals surface area contributed by atoms with Crippen molar-refractivity contribution >= 4 is 38.6 Å². The highest BCUT2D eigenvalue weighted by molar-refractivity contribution is 6.07. The van der Waals surface area contributed by atoms with Crippen molar-refractivity contribution in [2.75, 3.05) is 19.0 Å². The standard InChI is InChI=1S/C47H47N2O/c1-31-19-25-36(26-20-31)50-45-34(23-29-41-46(2,3)43-37-17-10-8-13-32(37)21-27-39(43)48(41)6)15-12-16-35(45)24-30-42-47(4,5)44-38-18-11-9-14-33(38)22-28-40(44)49(42)7/h8-11,13-14,17-30H,12,15-16H2,1-7H3/q+1. The van der Waals surface area contributed by atoms with E-state index in [2.05, 4.69) is 180 Å². The van der Waals surface area contributed by atoms with Gasteiger partial charge in [-0.1, -0.05) is 92.2 Å². The van der Waals surface area contributed by atoms with E-state index < -0.39 is 0 Å². The smallest absolute Gasteiger partial charge is 0.210 e. The van der Waals surface area contributed by atoms with Gasteiger partial charge >= 0.3 is 0 Å². The van der Waals surface area contributed by atoms with E-state index in [0.29, 0.717) is 0 Å². The van der Waals surface area contributed by atoms with Crippen molar-refractivity contribution in [2.45, 2.75) is 64.7 Å². The Morgan fingerprint density at radius 2 is 1.36 bits per heavy atom. The molecule has 5 aromatic carbocycles. The van der Waals surface area contributed by atoms with Gasteiger partial charge in [0.15, 0.2) is 5.71 Å². The summed E-state index contributed by atoms with van der Waals surface area (Å²) in [6.07, 6.45) is 12.4. The summed E-state index contributed by atoms with van der Waals surface area (Å²) in [6, 6.07) is 35.0. The molecule has 0 saturated carbocycles. The molecule has 0 aromatic heterocycles. The summed E-state index contributed by atoms with van der Waals surface area (Å²) in [5.74, 6) is 1.86. The van der Waals surface area contributed by atoms with Crippen LogP contribution in [0, 0.1) is 6.92 Å². The van der Waals surface area contributed by atoms with Crippen LogP contribution in [0.2, 0.25) is 0 Å². The molecule has 0 atom stereocenters. The fourth-order valence-corrected chi connectivity index (χ4v) is 8.82. The third-order valence-electron chi connectivity index (χ3n) is 11.4. The number of nitrogens with zero attached hydrogens (tertiary/aromatic N) is 2. The van der Waals surface area contributed by atoms with Crippen LogP contribution in [0.15, 0.2) is 144 Å². The lowest BCUT2D eigenvalue weighted by molar-refractivity contribution is -0.401. The van der Waals surface area contributed by atoms with E-state index in [1.165, 1.54) is 72.2 Å². The van der Waals surface area contributed by atoms with Crippen LogP contribution < -0.4 is 9.64 Å². The maximum Gasteiger partial charge on any atom is 0.210 e. The molecule has 1 aliphatic carbocycles. The molecule has 2 aliphatic heterocycles. The van der Waals surface area contributed by atoms with Crippen molar-refractivity contribution in [3.63, 3.8) is 0 Å². The van der Waals surface area contributed by atoms with Crippen molar-refractivity contribution in [1.29, 1.82) is 0 Å². The van der Waals surface area contributed by atoms with Crippen LogP contribution in [-0.4, -0.2) is 24.4 Å². The van der Waals surface area contributed by atoms with E-state index in [9.17, 15) is 0 Å². The Kier molecular flexibility index (Phi) is 7.71. The molecule has 0 bridgehead atoms. The number of anilines is 1. The van der Waals surface area contributed by atoms with Crippen LogP contribution in [0.4, 0.5) is 11.4 Å². The van der Waals surface area contributed by atoms with Gasteiger partial charge in [-0.2, -0.15) is 4.58 Å². The minimum atomic E-state index is -0.143. The largest absolute Gasteiger partial charge is 0.457 e. The van der Waals surface area contributed by atoms with Crippen LogP contribution in [0.25, 0.3) is 21.5 Å². The summed E-state index contributed by atoms with van der Waals surface area (Å²) in [6.45, 7) is 11.6. The average molecular weight is 656 g/mol. The van der Waals surface area contributed by atoms with Crippen LogP contribution in [-0.2, 0) is 10.8 Å². The lowest BCUT2D eigenvalue weighted by Crippen LogP contribution is -2.27. The highest BCUT2D eigenvalue weighted by atomic mass is 16.5. The number of rotatable bonds is 5. The first-order chi connectivity index (χ1) is 24.1. The second-order valence-corrected chi connectivity index (χ2v) is 15.3. The highest BCUT2D eigenvalue weighted by Crippen LogP contribution is 2.50. The molecule has 0 spiro atoms. The van der Waals surface area contributed by atoms with Gasteiger partial charge in [-0.05, 0) is 115 Å². The third-order valence-corrected chi connectivity index (χ3v) is 11.4. The van der Waals surface area contributed by atoms with Crippen LogP contribution in [0.3, 0.4) is 0 Å². The maximum atomic E-state index is 6.86. The number of likely N-dealkylation sites (N-methyl/N-ethyl adjacent to an activating group) is 1. The van der Waals surface area contributed by atoms with Crippen molar-refractivity contribution in [3.05, 3.63) is 161 Å². The van der Waals surface area contributed by atoms with Crippen molar-refractivity contribution in [3.8, 4) is 5.75 Å². The van der Waals surface area contributed by atoms with Gasteiger partial charge in [0.05, 0.1) is 5.41 Å². The number of aryl methyl sites for hydroxylation is 1. The minimum Gasteiger partial charge on any atom is -0.457 e. The lowest BCUT2D eigenvalue weighted by atomic mass is 9.78. The number of hydrogen-bond donors (Lipinski definition) is 0. The fraction of sp³-hybridized carbons (Fsp3) is 0.255. The molecule has 0 fully saturated rings. The maximum absolute atomic E-state index is 6.86. The van der Waals surface area contributed by atoms with E-state index in [1.54, 1.807) is 0 Å². The van der Waals surface area contributed by atoms with Gasteiger partial charge in [-0.3, -0.25) is 0 Å². The highest BCUT2D eigenvalue weighted by Gasteiger charge is 2.44. The average Bonchev–Trinajstić information content (AvgIpc) is 3.44. The van der Waals surface area contributed by atoms with Crippen molar-refractivity contribution in [2.24, 2.45) is 0 Å². The second-order valence-electron chi connectivity index (χ2n) is 15.3. The molecular formula is C47H47N2O+. The molecule has 8 rings (SSSR count). The van der Waals surface area contributed by atoms with Crippen molar-refractivity contribution in [1.82, 2.24) is 0 Å². The quantitative estimate of drug-likeness (QED) is 0.175. The van der Waals surface area contributed by atoms with Gasteiger partial charge in [0.2, 0.25) is 5.69 Å². The van der Waals surface area contributed by atoms with E-state index >= 15 is 0 Å². The Balaban J connectivity index is 1.21. The normalized spacial score (nSPS) is 19.8. The predicted molar refractivity (Wildman–Crippen MR) is 211 cm³/mol. The van der Waals surface area contributed by atoms with Gasteiger partial charge < -0.3 is 9.64 Å². The molecule has 3 heteroatoms. The molecule has 250 valence electrons. The molecule has 0 N–H and O–H groups in total. The summed E-state index contributed by atoms with van der Waals surface area (Å²) in [7, 11) is 4.42. The molecule has 0 saturated heterocycles. The molecule has 2 heterocycles. The Hall–Kier alpha value is -5.15. The topological polar surface area (TPSA) is 15.5 Å². The zero-order valence-electron chi connectivity index (χ0n) is 30.5. The number of allylic oxidation sites excluding steroid dienone is 7. The van der Waals surface area contributed by atoms with Crippen LogP contribution >= 0.6 is 0 Å². The first kappa shape index (κ1) is 32.1. The summed E-state index contributed by atoms with van der Waals surface area (Å²) in [5.41, 5.74) is 11.4. The van der Waals surface area contributed by atoms with Crippen molar-refractivity contribution < 1.29 is 9.31 Å². The van der Waals surface area contributed by atoms with Gasteiger partial charge in [0.25, 0.3) is 0 Å². The number of hydrogen-bond acceptors (Lipinski definition) is 2. The van der Waals surface area contributed by atoms with Crippen LogP contribution in [0.5, 0.6) is 5.75 Å². The van der Waals surface area contributed by atoms with Gasteiger partial charge in [-0.25, -0.2) is 0 Å². The molecule has 3 nitrogen and oxygen atoms in total. The Bertz CT molecular complexity index is 2340. The number of fused-ring (bicyclic) bond motifs is 6.